The van der Waals surface area contributed by atoms with Gasteiger partial charge in [0.05, 0.1) is 9.85 Å². The van der Waals surface area contributed by atoms with Crippen molar-refractivity contribution in [1.29, 1.82) is 0 Å². The van der Waals surface area contributed by atoms with Crippen molar-refractivity contribution in [3.8, 4) is 0 Å². The summed E-state index contributed by atoms with van der Waals surface area (Å²) in [5.41, 5.74) is -1.90. The van der Waals surface area contributed by atoms with Gasteiger partial charge in [-0.1, -0.05) is 0 Å². The summed E-state index contributed by atoms with van der Waals surface area (Å²) < 4.78 is 33.0. The molecule has 18 heavy (non-hydrogen) atoms. The summed E-state index contributed by atoms with van der Waals surface area (Å²) in [6.07, 6.45) is 0. The van der Waals surface area contributed by atoms with E-state index in [1.807, 2.05) is 0 Å². The maximum atomic E-state index is 10.6. The SMILES string of the molecule is O=[N+]([O-])c1cccc([N+](=O)[O-])c1COS(=O)(=O)O. The van der Waals surface area contributed by atoms with Crippen LogP contribution in [0.1, 0.15) is 5.56 Å². The molecule has 0 aromatic heterocycles. The zero-order valence-corrected chi connectivity index (χ0v) is 9.36. The molecule has 0 aliphatic heterocycles. The number of rotatable bonds is 5. The summed E-state index contributed by atoms with van der Waals surface area (Å²) in [6.45, 7) is -1.01. The van der Waals surface area contributed by atoms with Gasteiger partial charge in [0.25, 0.3) is 11.4 Å². The van der Waals surface area contributed by atoms with Gasteiger partial charge in [-0.3, -0.25) is 24.8 Å². The first-order valence-electron chi connectivity index (χ1n) is 4.25. The average Bonchev–Trinajstić information content (AvgIpc) is 2.24. The van der Waals surface area contributed by atoms with Gasteiger partial charge in [-0.05, 0) is 6.07 Å². The predicted octanol–water partition coefficient (Wildman–Crippen LogP) is 0.822. The minimum Gasteiger partial charge on any atom is -0.264 e. The van der Waals surface area contributed by atoms with E-state index in [1.54, 1.807) is 0 Å². The Bertz CT molecular complexity index is 563. The molecule has 1 N–H and O–H groups in total. The van der Waals surface area contributed by atoms with Gasteiger partial charge in [-0.15, -0.1) is 0 Å². The quantitative estimate of drug-likeness (QED) is 0.472. The summed E-state index contributed by atoms with van der Waals surface area (Å²) in [5.74, 6) is 0. The van der Waals surface area contributed by atoms with Crippen molar-refractivity contribution >= 4 is 21.8 Å². The molecule has 98 valence electrons. The van der Waals surface area contributed by atoms with E-state index in [0.717, 1.165) is 18.2 Å². The van der Waals surface area contributed by atoms with Crippen LogP contribution in [0.25, 0.3) is 0 Å². The third-order valence-electron chi connectivity index (χ3n) is 1.87. The smallest absolute Gasteiger partial charge is 0.264 e. The monoisotopic (exact) mass is 278 g/mol. The van der Waals surface area contributed by atoms with E-state index in [9.17, 15) is 28.6 Å². The summed E-state index contributed by atoms with van der Waals surface area (Å²) in [7, 11) is -4.85. The zero-order chi connectivity index (χ0) is 13.9. The molecule has 1 rings (SSSR count). The minimum atomic E-state index is -4.85. The van der Waals surface area contributed by atoms with Gasteiger partial charge in [-0.25, -0.2) is 4.18 Å². The molecule has 0 aliphatic rings. The largest absolute Gasteiger partial charge is 0.397 e. The summed E-state index contributed by atoms with van der Waals surface area (Å²) in [4.78, 5) is 19.4. The molecule has 1 aromatic rings. The normalized spacial score (nSPS) is 11.2. The molecule has 0 radical (unpaired) electrons. The van der Waals surface area contributed by atoms with Crippen molar-refractivity contribution in [1.82, 2.24) is 0 Å². The van der Waals surface area contributed by atoms with Crippen LogP contribution < -0.4 is 0 Å². The van der Waals surface area contributed by atoms with Gasteiger partial charge < -0.3 is 0 Å². The fourth-order valence-corrected chi connectivity index (χ4v) is 1.45. The van der Waals surface area contributed by atoms with Gasteiger partial charge in [0.1, 0.15) is 12.2 Å². The van der Waals surface area contributed by atoms with Crippen molar-refractivity contribution in [2.45, 2.75) is 6.61 Å². The molecule has 0 fully saturated rings. The standard InChI is InChI=1S/C7H6N2O8S/c10-8(11)6-2-1-3-7(9(12)13)5(6)4-17-18(14,15)16/h1-3H,4H2,(H,14,15,16). The van der Waals surface area contributed by atoms with Crippen LogP contribution in [0, 0.1) is 20.2 Å². The van der Waals surface area contributed by atoms with Crippen LogP contribution in [-0.2, 0) is 21.2 Å². The molecule has 0 atom stereocenters. The second-order valence-electron chi connectivity index (χ2n) is 2.98. The summed E-state index contributed by atoms with van der Waals surface area (Å²) in [5, 5.41) is 21.3. The Morgan fingerprint density at radius 1 is 1.17 bits per heavy atom. The first-order valence-corrected chi connectivity index (χ1v) is 5.61. The Balaban J connectivity index is 3.27. The molecule has 11 heteroatoms. The van der Waals surface area contributed by atoms with Gasteiger partial charge in [0.15, 0.2) is 0 Å². The maximum absolute atomic E-state index is 10.6. The second-order valence-corrected chi connectivity index (χ2v) is 4.07. The van der Waals surface area contributed by atoms with Crippen LogP contribution in [0.4, 0.5) is 11.4 Å². The Morgan fingerprint density at radius 2 is 1.61 bits per heavy atom. The molecule has 0 bridgehead atoms. The second kappa shape index (κ2) is 5.03. The molecule has 10 nitrogen and oxygen atoms in total. The number of hydrogen-bond donors (Lipinski definition) is 1. The van der Waals surface area contributed by atoms with E-state index in [0.29, 0.717) is 0 Å². The lowest BCUT2D eigenvalue weighted by molar-refractivity contribution is -0.396. The third-order valence-corrected chi connectivity index (χ3v) is 2.29. The van der Waals surface area contributed by atoms with Crippen LogP contribution in [0.3, 0.4) is 0 Å². The fourth-order valence-electron chi connectivity index (χ4n) is 1.19. The van der Waals surface area contributed by atoms with Gasteiger partial charge in [0, 0.05) is 12.1 Å². The first kappa shape index (κ1) is 14.0. The van der Waals surface area contributed by atoms with E-state index >= 15 is 0 Å². The number of benzene rings is 1. The Kier molecular flexibility index (Phi) is 3.90. The van der Waals surface area contributed by atoms with Crippen molar-refractivity contribution < 1.29 is 27.0 Å². The molecule has 0 heterocycles. The molecular formula is C7H6N2O8S. The van der Waals surface area contributed by atoms with E-state index in [1.165, 1.54) is 0 Å². The van der Waals surface area contributed by atoms with Crippen LogP contribution in [0.15, 0.2) is 18.2 Å². The summed E-state index contributed by atoms with van der Waals surface area (Å²) in [6, 6.07) is 2.98. The van der Waals surface area contributed by atoms with E-state index in [-0.39, 0.29) is 0 Å². The van der Waals surface area contributed by atoms with Gasteiger partial charge >= 0.3 is 10.4 Å². The van der Waals surface area contributed by atoms with Crippen molar-refractivity contribution in [2.75, 3.05) is 0 Å². The first-order chi connectivity index (χ1) is 8.22. The highest BCUT2D eigenvalue weighted by Crippen LogP contribution is 2.28. The van der Waals surface area contributed by atoms with Crippen molar-refractivity contribution in [2.24, 2.45) is 0 Å². The number of hydrogen-bond acceptors (Lipinski definition) is 7. The lowest BCUT2D eigenvalue weighted by Gasteiger charge is -2.03. The molecule has 1 aromatic carbocycles. The Morgan fingerprint density at radius 3 is 1.94 bits per heavy atom. The number of nitrogens with zero attached hydrogens (tertiary/aromatic N) is 2. The van der Waals surface area contributed by atoms with Crippen LogP contribution in [0.2, 0.25) is 0 Å². The fraction of sp³-hybridized carbons (Fsp3) is 0.143. The lowest BCUT2D eigenvalue weighted by Crippen LogP contribution is -2.07. The molecule has 0 spiro atoms. The molecule has 0 aliphatic carbocycles. The molecule has 0 saturated heterocycles. The van der Waals surface area contributed by atoms with Crippen molar-refractivity contribution in [3.05, 3.63) is 44.0 Å². The number of nitro benzene ring substituents is 2. The van der Waals surface area contributed by atoms with Crippen LogP contribution >= 0.6 is 0 Å². The molecule has 0 saturated carbocycles. The third kappa shape index (κ3) is 3.44. The van der Waals surface area contributed by atoms with Crippen molar-refractivity contribution in [3.63, 3.8) is 0 Å². The summed E-state index contributed by atoms with van der Waals surface area (Å²) >= 11 is 0. The highest BCUT2D eigenvalue weighted by Gasteiger charge is 2.26. The predicted molar refractivity (Wildman–Crippen MR) is 56.1 cm³/mol. The van der Waals surface area contributed by atoms with Crippen LogP contribution in [0.5, 0.6) is 0 Å². The maximum Gasteiger partial charge on any atom is 0.397 e. The number of nitro groups is 2. The average molecular weight is 278 g/mol. The highest BCUT2D eigenvalue weighted by atomic mass is 32.3. The van der Waals surface area contributed by atoms with Crippen LogP contribution in [-0.4, -0.2) is 22.8 Å². The Hall–Kier alpha value is -2.11. The minimum absolute atomic E-state index is 0.551. The lowest BCUT2D eigenvalue weighted by atomic mass is 10.1. The van der Waals surface area contributed by atoms with E-state index in [2.05, 4.69) is 4.18 Å². The zero-order valence-electron chi connectivity index (χ0n) is 8.55. The van der Waals surface area contributed by atoms with Gasteiger partial charge in [-0.2, -0.15) is 8.42 Å². The van der Waals surface area contributed by atoms with E-state index in [4.69, 9.17) is 4.55 Å². The highest BCUT2D eigenvalue weighted by molar-refractivity contribution is 7.80. The topological polar surface area (TPSA) is 150 Å². The molecule has 0 amide bonds. The molecular weight excluding hydrogens is 272 g/mol. The Labute approximate surface area is 100 Å². The van der Waals surface area contributed by atoms with E-state index < -0.39 is 43.8 Å². The molecule has 0 unspecified atom stereocenters. The van der Waals surface area contributed by atoms with Gasteiger partial charge in [0.2, 0.25) is 0 Å².